The molecule has 19 heteroatoms. The molecule has 0 aromatic rings. The van der Waals surface area contributed by atoms with Gasteiger partial charge in [0, 0.05) is 25.7 Å². The lowest BCUT2D eigenvalue weighted by Crippen LogP contribution is -2.30. The highest BCUT2D eigenvalue weighted by molar-refractivity contribution is 7.47. The van der Waals surface area contributed by atoms with E-state index < -0.39 is 97.5 Å². The number of esters is 4. The van der Waals surface area contributed by atoms with E-state index in [4.69, 9.17) is 37.0 Å². The fraction of sp³-hybridized carbons (Fsp3) is 0.538. The quantitative estimate of drug-likeness (QED) is 0.0169. The van der Waals surface area contributed by atoms with Crippen LogP contribution in [0.5, 0.6) is 0 Å². The van der Waals surface area contributed by atoms with Gasteiger partial charge in [-0.25, -0.2) is 9.13 Å². The van der Waals surface area contributed by atoms with Gasteiger partial charge < -0.3 is 33.8 Å². The fourth-order valence-corrected chi connectivity index (χ4v) is 11.2. The third-order valence-electron chi connectivity index (χ3n) is 15.6. The Labute approximate surface area is 664 Å². The zero-order valence-electron chi connectivity index (χ0n) is 67.3. The second-order valence-electron chi connectivity index (χ2n) is 25.8. The zero-order chi connectivity index (χ0) is 80.3. The van der Waals surface area contributed by atoms with Crippen molar-refractivity contribution in [2.45, 2.75) is 277 Å². The van der Waals surface area contributed by atoms with Gasteiger partial charge >= 0.3 is 39.5 Å². The molecule has 0 aliphatic carbocycles. The highest BCUT2D eigenvalue weighted by Gasteiger charge is 2.30. The van der Waals surface area contributed by atoms with Crippen LogP contribution in [0.1, 0.15) is 259 Å². The summed E-state index contributed by atoms with van der Waals surface area (Å²) in [6.07, 6.45) is 103. The summed E-state index contributed by atoms with van der Waals surface area (Å²) in [5.74, 6) is -2.44. The third kappa shape index (κ3) is 79.2. The second-order valence-corrected chi connectivity index (χ2v) is 28.7. The molecule has 0 saturated heterocycles. The number of carbonyl (C=O) groups is 4. The molecule has 0 rings (SSSR count). The van der Waals surface area contributed by atoms with Gasteiger partial charge in [0.15, 0.2) is 12.2 Å². The Morgan fingerprint density at radius 2 is 0.473 bits per heavy atom. The van der Waals surface area contributed by atoms with E-state index >= 15 is 0 Å². The number of aliphatic hydroxyl groups excluding tert-OH is 1. The van der Waals surface area contributed by atoms with E-state index in [1.54, 1.807) is 0 Å². The average Bonchev–Trinajstić information content (AvgIpc) is 0.900. The average molecular weight is 1570 g/mol. The van der Waals surface area contributed by atoms with E-state index in [-0.39, 0.29) is 25.7 Å². The highest BCUT2D eigenvalue weighted by Crippen LogP contribution is 2.45. The molecule has 0 aliphatic heterocycles. The summed E-state index contributed by atoms with van der Waals surface area (Å²) >= 11 is 0. The van der Waals surface area contributed by atoms with Crippen molar-refractivity contribution in [2.24, 2.45) is 0 Å². The van der Waals surface area contributed by atoms with E-state index in [1.165, 1.54) is 0 Å². The van der Waals surface area contributed by atoms with Gasteiger partial charge in [-0.1, -0.05) is 284 Å². The molecule has 0 fully saturated rings. The molecule has 0 aromatic carbocycles. The van der Waals surface area contributed by atoms with Crippen molar-refractivity contribution in [3.8, 4) is 0 Å². The molecular weight excluding hydrogens is 1430 g/mol. The van der Waals surface area contributed by atoms with E-state index in [0.717, 1.165) is 161 Å². The Hall–Kier alpha value is -6.88. The first kappa shape index (κ1) is 103. The predicted octanol–water partition coefficient (Wildman–Crippen LogP) is 24.2. The van der Waals surface area contributed by atoms with Crippen LogP contribution in [-0.4, -0.2) is 96.7 Å². The number of ether oxygens (including phenoxy) is 4. The molecule has 0 aromatic heterocycles. The summed E-state index contributed by atoms with van der Waals surface area (Å²) in [5.41, 5.74) is 0. The molecule has 5 unspecified atom stereocenters. The molecule has 0 amide bonds. The number of hydrogen-bond acceptors (Lipinski definition) is 15. The fourth-order valence-electron chi connectivity index (χ4n) is 9.61. The maximum absolute atomic E-state index is 13.1. The van der Waals surface area contributed by atoms with Crippen molar-refractivity contribution in [3.63, 3.8) is 0 Å². The molecule has 5 atom stereocenters. The SMILES string of the molecule is CC/C=C\C/C=C\C/C=C\C/C=C\C/C=C\C/C=C\CCC(=O)OCC(COP(=O)(O)OCC(O)COP(=O)(O)OCC(COC(=O)CCC/C=C\C/C=C\C/C=C\C/C=C\C/C=C\CC)OC(=O)CCCC/C=C\C/C=C\C/C=C\C/C=C\CC)OC(=O)CCCCCCCC/C=C\C/C=C\C/C=C\C/C=C\CC. The maximum Gasteiger partial charge on any atom is 0.472 e. The largest absolute Gasteiger partial charge is 0.472 e. The summed E-state index contributed by atoms with van der Waals surface area (Å²) in [7, 11) is -10.0. The third-order valence-corrected chi connectivity index (χ3v) is 17.5. The van der Waals surface area contributed by atoms with Crippen molar-refractivity contribution in [1.29, 1.82) is 0 Å². The lowest BCUT2D eigenvalue weighted by atomic mass is 10.1. The van der Waals surface area contributed by atoms with Gasteiger partial charge in [0.05, 0.1) is 26.4 Å². The van der Waals surface area contributed by atoms with Gasteiger partial charge in [0.2, 0.25) is 0 Å². The molecular formula is C91H140O17P2. The van der Waals surface area contributed by atoms with Crippen LogP contribution < -0.4 is 0 Å². The smallest absolute Gasteiger partial charge is 0.462 e. The van der Waals surface area contributed by atoms with Crippen LogP contribution in [-0.2, 0) is 65.4 Å². The molecule has 0 bridgehead atoms. The van der Waals surface area contributed by atoms with Gasteiger partial charge in [0.25, 0.3) is 0 Å². The number of phosphoric acid groups is 2. The Morgan fingerprint density at radius 1 is 0.255 bits per heavy atom. The van der Waals surface area contributed by atoms with E-state index in [0.29, 0.717) is 44.9 Å². The predicted molar refractivity (Wildman–Crippen MR) is 454 cm³/mol. The molecule has 0 saturated carbocycles. The molecule has 3 N–H and O–H groups in total. The van der Waals surface area contributed by atoms with E-state index in [9.17, 15) is 43.2 Å². The van der Waals surface area contributed by atoms with Gasteiger partial charge in [-0.3, -0.25) is 37.3 Å². The molecule has 0 heterocycles. The van der Waals surface area contributed by atoms with E-state index in [1.807, 2.05) is 36.5 Å². The summed E-state index contributed by atoms with van der Waals surface area (Å²) < 4.78 is 68.5. The van der Waals surface area contributed by atoms with Crippen LogP contribution in [0.25, 0.3) is 0 Å². The minimum Gasteiger partial charge on any atom is -0.462 e. The normalized spacial score (nSPS) is 15.0. The lowest BCUT2D eigenvalue weighted by Gasteiger charge is -2.21. The highest BCUT2D eigenvalue weighted by atomic mass is 31.2. The summed E-state index contributed by atoms with van der Waals surface area (Å²) in [6, 6.07) is 0. The van der Waals surface area contributed by atoms with Crippen molar-refractivity contribution < 1.29 is 80.2 Å². The summed E-state index contributed by atoms with van der Waals surface area (Å²) in [4.78, 5) is 73.1. The van der Waals surface area contributed by atoms with E-state index in [2.05, 4.69) is 222 Å². The Morgan fingerprint density at radius 3 is 0.782 bits per heavy atom. The summed E-state index contributed by atoms with van der Waals surface area (Å²) in [5, 5.41) is 10.7. The van der Waals surface area contributed by atoms with Crippen molar-refractivity contribution in [1.82, 2.24) is 0 Å². The van der Waals surface area contributed by atoms with Crippen LogP contribution in [0.15, 0.2) is 231 Å². The van der Waals surface area contributed by atoms with Crippen LogP contribution >= 0.6 is 15.6 Å². The first-order chi connectivity index (χ1) is 53.7. The number of unbranched alkanes of at least 4 members (excludes halogenated alkanes) is 9. The van der Waals surface area contributed by atoms with Crippen molar-refractivity contribution >= 4 is 39.5 Å². The van der Waals surface area contributed by atoms with Gasteiger partial charge in [-0.2, -0.15) is 0 Å². The van der Waals surface area contributed by atoms with Crippen LogP contribution in [0, 0.1) is 0 Å². The Bertz CT molecular complexity index is 3000. The number of aliphatic hydroxyl groups is 1. The Balaban J connectivity index is 5.57. The molecule has 0 radical (unpaired) electrons. The van der Waals surface area contributed by atoms with Crippen LogP contribution in [0.4, 0.5) is 0 Å². The lowest BCUT2D eigenvalue weighted by molar-refractivity contribution is -0.161. The first-order valence-electron chi connectivity index (χ1n) is 40.6. The number of rotatable bonds is 73. The topological polar surface area (TPSA) is 237 Å². The number of hydrogen-bond donors (Lipinski definition) is 3. The van der Waals surface area contributed by atoms with Gasteiger partial charge in [-0.15, -0.1) is 0 Å². The summed E-state index contributed by atoms with van der Waals surface area (Å²) in [6.45, 7) is 4.16. The monoisotopic (exact) mass is 1570 g/mol. The van der Waals surface area contributed by atoms with Gasteiger partial charge in [0.1, 0.15) is 19.3 Å². The minimum absolute atomic E-state index is 0.0181. The van der Waals surface area contributed by atoms with Crippen LogP contribution in [0.3, 0.4) is 0 Å². The van der Waals surface area contributed by atoms with Crippen LogP contribution in [0.2, 0.25) is 0 Å². The number of phosphoric ester groups is 2. The first-order valence-corrected chi connectivity index (χ1v) is 43.6. The molecule has 110 heavy (non-hydrogen) atoms. The van der Waals surface area contributed by atoms with Crippen molar-refractivity contribution in [3.05, 3.63) is 231 Å². The molecule has 0 spiro atoms. The molecule has 616 valence electrons. The Kier molecular flexibility index (Phi) is 75.2. The standard InChI is InChI=1S/C91H140O17P2/c1-5-9-13-17-21-25-29-33-37-40-42-45-49-52-56-60-64-68-72-76-89(94)102-82-87(108-91(96)78-74-70-66-62-58-54-50-46-43-41-38-34-30-26-22-18-14-10-6-2)84-106-110(99,100)104-80-85(92)79-103-109(97,98)105-83-86(107-90(95)77-73-69-65-61-57-53-47-36-32-28-24-20-16-12-8-4)81-101-88(93)75-71-67-63-59-55-51-48-44-39-35-31-27-23-19-15-11-7-3/h9-16,21-28,33-39,42-43,45-48,51-52,56-57,59,61,63-64,68,85-87,92H,5-8,17-20,29-32,40-41,44,49-50,53-55,58,60,62,65-67,69-84H2,1-4H3,(H,97,98)(H,99,100)/b13-9-,14-10-,15-11-,16-12-,25-21-,26-22-,27-23-,28-24-,37-33-,38-34-,39-35-,45-42-,46-43-,47-36-,51-48-,56-52-,61-57-,63-59-,68-64-. The second kappa shape index (κ2) is 80.2. The zero-order valence-corrected chi connectivity index (χ0v) is 69.1. The molecule has 17 nitrogen and oxygen atoms in total. The van der Waals surface area contributed by atoms with Crippen molar-refractivity contribution in [2.75, 3.05) is 39.6 Å². The number of carbonyl (C=O) groups excluding carboxylic acids is 4. The minimum atomic E-state index is -5.02. The molecule has 0 aliphatic rings. The number of allylic oxidation sites excluding steroid dienone is 38. The maximum atomic E-state index is 13.1. The van der Waals surface area contributed by atoms with Gasteiger partial charge in [-0.05, 0) is 180 Å².